The Morgan fingerprint density at radius 2 is 0.459 bits per heavy atom. The van der Waals surface area contributed by atoms with Crippen LogP contribution in [-0.4, -0.2) is 9.13 Å². The SMILES string of the molecule is c1ccc(-c2ccccc2Nc2ccccc2-c2cccc3c(-c4ccccc4Nc4ccccc4-c4ccccc4)cccc23)cc1.c1ccc2c(c1)-c1cccc3c4cccc5c4n(c13)C2c1ccc2c3c(ccc2c1-5)C1c2ccccc2-c2cccc4c5cccc-3c5n1c24. The number of benzene rings is 16. The number of anilines is 4. The summed E-state index contributed by atoms with van der Waals surface area (Å²) in [6, 6.07) is 125. The first-order valence-corrected chi connectivity index (χ1v) is 34.1. The van der Waals surface area contributed by atoms with Crippen molar-refractivity contribution in [3.05, 3.63) is 362 Å². The molecule has 456 valence electrons. The van der Waals surface area contributed by atoms with Crippen LogP contribution in [0.3, 0.4) is 0 Å². The van der Waals surface area contributed by atoms with E-state index in [2.05, 4.69) is 359 Å². The number of hydrogen-bond donors (Lipinski definition) is 2. The summed E-state index contributed by atoms with van der Waals surface area (Å²) in [6.07, 6.45) is 0. The molecule has 2 atom stereocenters. The summed E-state index contributed by atoms with van der Waals surface area (Å²) >= 11 is 0. The highest BCUT2D eigenvalue weighted by molar-refractivity contribution is 6.24. The van der Waals surface area contributed by atoms with Gasteiger partial charge in [0, 0.05) is 88.8 Å². The molecule has 98 heavy (non-hydrogen) atoms. The highest BCUT2D eigenvalue weighted by Gasteiger charge is 2.40. The lowest BCUT2D eigenvalue weighted by atomic mass is 9.77. The number of aromatic nitrogens is 2. The molecule has 0 radical (unpaired) electrons. The van der Waals surface area contributed by atoms with E-state index >= 15 is 0 Å². The second-order valence-corrected chi connectivity index (χ2v) is 26.6. The Morgan fingerprint density at radius 1 is 0.173 bits per heavy atom. The molecule has 2 N–H and O–H groups in total. The van der Waals surface area contributed by atoms with Gasteiger partial charge in [-0.2, -0.15) is 0 Å². The summed E-state index contributed by atoms with van der Waals surface area (Å²) in [6.45, 7) is 0. The van der Waals surface area contributed by atoms with Crippen LogP contribution >= 0.6 is 0 Å². The third-order valence-electron chi connectivity index (χ3n) is 21.6. The van der Waals surface area contributed by atoms with E-state index in [-0.39, 0.29) is 12.1 Å². The van der Waals surface area contributed by atoms with Gasteiger partial charge in [0.05, 0.1) is 34.2 Å². The van der Waals surface area contributed by atoms with Gasteiger partial charge in [-0.25, -0.2) is 0 Å². The van der Waals surface area contributed by atoms with Crippen molar-refractivity contribution < 1.29 is 0 Å². The Bertz CT molecular complexity index is 6000. The molecular weight excluding hydrogens is 1190 g/mol. The molecule has 4 nitrogen and oxygen atoms in total. The summed E-state index contributed by atoms with van der Waals surface area (Å²) in [5.41, 5.74) is 35.6. The molecule has 16 aromatic carbocycles. The number of nitrogens with zero attached hydrogens (tertiary/aromatic N) is 2. The van der Waals surface area contributed by atoms with Crippen LogP contribution in [0.1, 0.15) is 34.3 Å². The van der Waals surface area contributed by atoms with Crippen molar-refractivity contribution in [3.8, 4) is 89.0 Å². The summed E-state index contributed by atoms with van der Waals surface area (Å²) in [4.78, 5) is 0. The zero-order valence-electron chi connectivity index (χ0n) is 53.4. The molecule has 2 unspecified atom stereocenters. The van der Waals surface area contributed by atoms with Crippen molar-refractivity contribution in [2.75, 3.05) is 10.6 Å². The Hall–Kier alpha value is -12.8. The van der Waals surface area contributed by atoms with E-state index in [1.165, 1.54) is 165 Å². The first-order chi connectivity index (χ1) is 48.7. The number of nitrogens with one attached hydrogen (secondary N) is 2. The summed E-state index contributed by atoms with van der Waals surface area (Å²) in [5.74, 6) is 0. The summed E-state index contributed by atoms with van der Waals surface area (Å²) in [5, 5.41) is 18.1. The molecule has 18 aromatic rings. The fourth-order valence-electron chi connectivity index (χ4n) is 17.7. The zero-order valence-corrected chi connectivity index (χ0v) is 53.4. The highest BCUT2D eigenvalue weighted by atomic mass is 15.1. The van der Waals surface area contributed by atoms with Crippen LogP contribution in [0.15, 0.2) is 340 Å². The van der Waals surface area contributed by atoms with Gasteiger partial charge in [0.1, 0.15) is 0 Å². The predicted molar refractivity (Wildman–Crippen MR) is 411 cm³/mol. The standard InChI is InChI=1S/C48H26N2.C46H34N2/c1-3-11-29-25(9-1)31-13-5-15-33-35-17-7-19-37-41-27-22-24-40-42(28(27)21-23-39(41)45(29)49(43(31)33)47(35)37)38-20-8-18-36-34-16-6-14-32-26-10-2-4-12-30(26)46(40)50(44(32)34)48(36)38;1-3-17-33(18-4-1)35-21-7-11-29-43(35)47-45-31-13-9-23-41(45)39-27-15-26-38-37(39)25-16-28-40(38)42-24-10-14-32-46(42)48-44-30-12-8-22-36(44)34-19-5-2-6-20-34/h1-24,45-46H;1-32,47-48H. The van der Waals surface area contributed by atoms with Crippen molar-refractivity contribution in [1.82, 2.24) is 9.13 Å². The summed E-state index contributed by atoms with van der Waals surface area (Å²) in [7, 11) is 0. The topological polar surface area (TPSA) is 33.9 Å². The van der Waals surface area contributed by atoms with Crippen molar-refractivity contribution in [2.45, 2.75) is 12.1 Å². The maximum atomic E-state index is 3.79. The Labute approximate surface area is 567 Å². The monoisotopic (exact) mass is 1240 g/mol. The smallest absolute Gasteiger partial charge is 0.0857 e. The highest BCUT2D eigenvalue weighted by Crippen LogP contribution is 2.59. The molecule has 0 amide bonds. The molecule has 22 rings (SSSR count). The van der Waals surface area contributed by atoms with Gasteiger partial charge < -0.3 is 19.8 Å². The normalized spacial score (nSPS) is 13.9. The number of hydrogen-bond acceptors (Lipinski definition) is 2. The van der Waals surface area contributed by atoms with Crippen molar-refractivity contribution in [3.63, 3.8) is 0 Å². The van der Waals surface area contributed by atoms with E-state index in [0.29, 0.717) is 0 Å². The molecule has 0 bridgehead atoms. The molecule has 0 fully saturated rings. The van der Waals surface area contributed by atoms with E-state index in [4.69, 9.17) is 0 Å². The minimum Gasteiger partial charge on any atom is -0.355 e. The van der Waals surface area contributed by atoms with E-state index in [0.717, 1.165) is 33.9 Å². The Balaban J connectivity index is 0.000000129. The first kappa shape index (κ1) is 54.6. The third kappa shape index (κ3) is 7.88. The van der Waals surface area contributed by atoms with Gasteiger partial charge in [-0.3, -0.25) is 0 Å². The number of para-hydroxylation sites is 8. The van der Waals surface area contributed by atoms with Crippen molar-refractivity contribution in [1.29, 1.82) is 0 Å². The average molecular weight is 1250 g/mol. The van der Waals surface area contributed by atoms with Crippen LogP contribution < -0.4 is 10.6 Å². The molecule has 0 saturated carbocycles. The van der Waals surface area contributed by atoms with E-state index in [9.17, 15) is 0 Å². The fourth-order valence-corrected chi connectivity index (χ4v) is 17.7. The third-order valence-corrected chi connectivity index (χ3v) is 21.6. The molecule has 4 heteroatoms. The second kappa shape index (κ2) is 21.4. The van der Waals surface area contributed by atoms with Gasteiger partial charge in [0.2, 0.25) is 0 Å². The number of fused-ring (bicyclic) bond motifs is 18. The Morgan fingerprint density at radius 3 is 0.857 bits per heavy atom. The minimum absolute atomic E-state index is 0.126. The lowest BCUT2D eigenvalue weighted by Crippen LogP contribution is -2.22. The van der Waals surface area contributed by atoms with Gasteiger partial charge in [-0.1, -0.05) is 315 Å². The molecule has 2 aromatic heterocycles. The van der Waals surface area contributed by atoms with E-state index < -0.39 is 0 Å². The van der Waals surface area contributed by atoms with Crippen molar-refractivity contribution in [2.24, 2.45) is 0 Å². The van der Waals surface area contributed by atoms with Crippen LogP contribution in [0.2, 0.25) is 0 Å². The fraction of sp³-hybridized carbons (Fsp3) is 0.0213. The average Bonchev–Trinajstić information content (AvgIpc) is 1.44. The maximum absolute atomic E-state index is 3.79. The van der Waals surface area contributed by atoms with E-state index in [1.807, 2.05) is 0 Å². The lowest BCUT2D eigenvalue weighted by Gasteiger charge is -2.37. The van der Waals surface area contributed by atoms with Crippen molar-refractivity contribution >= 4 is 87.9 Å². The maximum Gasteiger partial charge on any atom is 0.0857 e. The largest absolute Gasteiger partial charge is 0.355 e. The van der Waals surface area contributed by atoms with E-state index in [1.54, 1.807) is 0 Å². The second-order valence-electron chi connectivity index (χ2n) is 26.6. The molecule has 6 heterocycles. The van der Waals surface area contributed by atoms with Gasteiger partial charge >= 0.3 is 0 Å². The molecule has 4 aliphatic heterocycles. The molecule has 0 saturated heterocycles. The van der Waals surface area contributed by atoms with Crippen LogP contribution in [0.25, 0.3) is 154 Å². The molecule has 0 aliphatic carbocycles. The number of rotatable bonds is 8. The first-order valence-electron chi connectivity index (χ1n) is 34.1. The lowest BCUT2D eigenvalue weighted by molar-refractivity contribution is 0.716. The predicted octanol–water partition coefficient (Wildman–Crippen LogP) is 25.2. The Kier molecular flexibility index (Phi) is 11.9. The molecule has 0 spiro atoms. The van der Waals surface area contributed by atoms with Crippen LogP contribution in [0.5, 0.6) is 0 Å². The van der Waals surface area contributed by atoms with Gasteiger partial charge in [0.15, 0.2) is 0 Å². The van der Waals surface area contributed by atoms with Crippen LogP contribution in [0, 0.1) is 0 Å². The van der Waals surface area contributed by atoms with Gasteiger partial charge in [-0.15, -0.1) is 0 Å². The zero-order chi connectivity index (χ0) is 64.1. The quantitative estimate of drug-likeness (QED) is 0.159. The minimum atomic E-state index is 0.126. The summed E-state index contributed by atoms with van der Waals surface area (Å²) < 4.78 is 5.33. The molecular formula is C94H60N4. The van der Waals surface area contributed by atoms with Crippen LogP contribution in [-0.2, 0) is 0 Å². The van der Waals surface area contributed by atoms with Crippen LogP contribution in [0.4, 0.5) is 22.7 Å². The van der Waals surface area contributed by atoms with Gasteiger partial charge in [-0.05, 0) is 113 Å². The molecule has 4 aliphatic rings. The van der Waals surface area contributed by atoms with Gasteiger partial charge in [0.25, 0.3) is 0 Å².